The average Bonchev–Trinajstić information content (AvgIpc) is 3.43. The molecule has 4 rings (SSSR count). The number of benzene rings is 1. The summed E-state index contributed by atoms with van der Waals surface area (Å²) in [4.78, 5) is 52.1. The third-order valence-electron chi connectivity index (χ3n) is 6.84. The predicted octanol–water partition coefficient (Wildman–Crippen LogP) is 3.18. The molecule has 3 atom stereocenters. The fraction of sp³-hybridized carbons (Fsp3) is 0.538. The Labute approximate surface area is 209 Å². The van der Waals surface area contributed by atoms with Gasteiger partial charge in [0.15, 0.2) is 0 Å². The van der Waals surface area contributed by atoms with Crippen LogP contribution >= 0.6 is 0 Å². The van der Waals surface area contributed by atoms with Crippen molar-refractivity contribution in [3.63, 3.8) is 0 Å². The smallest absolute Gasteiger partial charge is 0.407 e. The third-order valence-corrected chi connectivity index (χ3v) is 6.84. The Hall–Kier alpha value is -3.56. The van der Waals surface area contributed by atoms with Crippen LogP contribution < -0.4 is 5.32 Å². The Balaban J connectivity index is 1.64. The molecule has 2 aliphatic rings. The minimum absolute atomic E-state index is 0.0255. The zero-order valence-corrected chi connectivity index (χ0v) is 20.6. The summed E-state index contributed by atoms with van der Waals surface area (Å²) in [6, 6.07) is 7.37. The zero-order chi connectivity index (χ0) is 25.8. The number of cyclic esters (lactones) is 1. The maximum absolute atomic E-state index is 13.3. The quantitative estimate of drug-likeness (QED) is 0.608. The Morgan fingerprint density at radius 3 is 2.61 bits per heavy atom. The van der Waals surface area contributed by atoms with E-state index in [0.717, 1.165) is 30.2 Å². The summed E-state index contributed by atoms with van der Waals surface area (Å²) in [5.74, 6) is -2.57. The molecule has 2 aliphatic heterocycles. The van der Waals surface area contributed by atoms with Gasteiger partial charge in [-0.3, -0.25) is 4.79 Å². The Bertz CT molecular complexity index is 1140. The summed E-state index contributed by atoms with van der Waals surface area (Å²) in [7, 11) is 0. The summed E-state index contributed by atoms with van der Waals surface area (Å²) in [5, 5.41) is 13.3. The molecule has 2 aromatic rings. The molecule has 36 heavy (non-hydrogen) atoms. The van der Waals surface area contributed by atoms with Crippen molar-refractivity contribution in [1.29, 1.82) is 0 Å². The topological polar surface area (TPSA) is 127 Å². The van der Waals surface area contributed by atoms with Gasteiger partial charge in [-0.1, -0.05) is 38.5 Å². The van der Waals surface area contributed by atoms with Crippen molar-refractivity contribution in [3.05, 3.63) is 36.0 Å². The van der Waals surface area contributed by atoms with Gasteiger partial charge in [0.1, 0.15) is 23.9 Å². The lowest BCUT2D eigenvalue weighted by atomic mass is 10.0. The number of aromatic nitrogens is 1. The van der Waals surface area contributed by atoms with E-state index in [1.165, 1.54) is 4.90 Å². The molecular weight excluding hydrogens is 466 g/mol. The molecule has 1 saturated heterocycles. The molecule has 0 unspecified atom stereocenters. The molecule has 2 N–H and O–H groups in total. The van der Waals surface area contributed by atoms with Crippen molar-refractivity contribution in [2.24, 2.45) is 5.92 Å². The molecule has 2 bridgehead atoms. The number of esters is 1. The lowest BCUT2D eigenvalue weighted by Crippen LogP contribution is -2.54. The van der Waals surface area contributed by atoms with Crippen LogP contribution in [-0.4, -0.2) is 69.9 Å². The minimum Gasteiger partial charge on any atom is -0.480 e. The second-order valence-corrected chi connectivity index (χ2v) is 9.76. The highest BCUT2D eigenvalue weighted by atomic mass is 16.6. The number of fused-ring (bicyclic) bond motifs is 5. The van der Waals surface area contributed by atoms with Gasteiger partial charge in [-0.2, -0.15) is 0 Å². The van der Waals surface area contributed by atoms with Crippen molar-refractivity contribution >= 4 is 34.8 Å². The van der Waals surface area contributed by atoms with E-state index in [-0.39, 0.29) is 25.5 Å². The number of alkyl carbamates (subject to hydrolysis) is 1. The number of hydrogen-bond donors (Lipinski definition) is 2. The zero-order valence-electron chi connectivity index (χ0n) is 20.6. The lowest BCUT2D eigenvalue weighted by Gasteiger charge is -2.29. The van der Waals surface area contributed by atoms with E-state index in [4.69, 9.17) is 9.47 Å². The van der Waals surface area contributed by atoms with E-state index in [1.54, 1.807) is 19.9 Å². The maximum atomic E-state index is 13.3. The maximum Gasteiger partial charge on any atom is 0.407 e. The standard InChI is InChI=1S/C26H33N3O7/c1-16(2)22-23(30)29-15-18(14-20(29)24(31)32)36-25(33)21-13-17-9-5-6-10-19(17)28(21)11-7-3-4-8-12-35-26(34)27-22/h5-6,9-10,13,16,18,20,22H,3-4,7-8,11-12,14-15H2,1-2H3,(H,27,34)(H,31,32)/t18-,20+,22+/m1/s1. The number of amides is 2. The summed E-state index contributed by atoms with van der Waals surface area (Å²) in [5.41, 5.74) is 1.33. The van der Waals surface area contributed by atoms with E-state index >= 15 is 0 Å². The van der Waals surface area contributed by atoms with E-state index in [9.17, 15) is 24.3 Å². The first-order valence-electron chi connectivity index (χ1n) is 12.5. The number of aryl methyl sites for hydroxylation is 1. The molecule has 10 nitrogen and oxygen atoms in total. The van der Waals surface area contributed by atoms with Crippen LogP contribution in [0.3, 0.4) is 0 Å². The highest BCUT2D eigenvalue weighted by Gasteiger charge is 2.44. The monoisotopic (exact) mass is 499 g/mol. The number of carboxylic acid groups (broad SMARTS) is 1. The molecule has 194 valence electrons. The molecule has 0 radical (unpaired) electrons. The van der Waals surface area contributed by atoms with Crippen LogP contribution in [0.5, 0.6) is 0 Å². The molecule has 1 aromatic heterocycles. The Morgan fingerprint density at radius 2 is 1.86 bits per heavy atom. The van der Waals surface area contributed by atoms with Crippen LogP contribution in [0.4, 0.5) is 4.79 Å². The largest absolute Gasteiger partial charge is 0.480 e. The van der Waals surface area contributed by atoms with Gasteiger partial charge in [-0.05, 0) is 37.3 Å². The SMILES string of the molecule is CC(C)[C@@H]1NC(=O)OCCCCCCn2c(cc3ccccc32)C(=O)O[C@@H]2C[C@@H](C(=O)O)N(C2)C1=O. The normalized spacial score (nSPS) is 24.5. The number of carboxylic acids is 1. The van der Waals surface area contributed by atoms with Crippen LogP contribution in [0.1, 0.15) is 56.4 Å². The minimum atomic E-state index is -1.19. The van der Waals surface area contributed by atoms with Crippen LogP contribution in [0.2, 0.25) is 0 Å². The van der Waals surface area contributed by atoms with Gasteiger partial charge >= 0.3 is 18.0 Å². The number of ether oxygens (including phenoxy) is 2. The molecule has 1 fully saturated rings. The highest BCUT2D eigenvalue weighted by Crippen LogP contribution is 2.26. The van der Waals surface area contributed by atoms with Gasteiger partial charge in [0.05, 0.1) is 13.2 Å². The highest BCUT2D eigenvalue weighted by molar-refractivity contribution is 5.96. The van der Waals surface area contributed by atoms with Crippen molar-refractivity contribution in [2.75, 3.05) is 13.2 Å². The first-order valence-corrected chi connectivity index (χ1v) is 12.5. The van der Waals surface area contributed by atoms with Gasteiger partial charge in [0.2, 0.25) is 5.91 Å². The summed E-state index contributed by atoms with van der Waals surface area (Å²) >= 11 is 0. The number of hydrogen-bond acceptors (Lipinski definition) is 6. The molecule has 0 saturated carbocycles. The number of carbonyl (C=O) groups excluding carboxylic acids is 3. The average molecular weight is 500 g/mol. The molecule has 0 spiro atoms. The lowest BCUT2D eigenvalue weighted by molar-refractivity contribution is -0.149. The van der Waals surface area contributed by atoms with Crippen molar-refractivity contribution in [3.8, 4) is 0 Å². The van der Waals surface area contributed by atoms with E-state index < -0.39 is 42.1 Å². The second-order valence-electron chi connectivity index (χ2n) is 9.76. The van der Waals surface area contributed by atoms with Gasteiger partial charge in [-0.15, -0.1) is 0 Å². The third kappa shape index (κ3) is 5.47. The Kier molecular flexibility index (Phi) is 7.81. The second kappa shape index (κ2) is 11.0. The van der Waals surface area contributed by atoms with E-state index in [1.807, 2.05) is 28.8 Å². The molecule has 10 heteroatoms. The van der Waals surface area contributed by atoms with Gasteiger partial charge in [-0.25, -0.2) is 14.4 Å². The van der Waals surface area contributed by atoms with Crippen molar-refractivity contribution in [1.82, 2.24) is 14.8 Å². The molecule has 1 aromatic carbocycles. The van der Waals surface area contributed by atoms with Crippen molar-refractivity contribution in [2.45, 2.75) is 70.7 Å². The van der Waals surface area contributed by atoms with Crippen LogP contribution in [0, 0.1) is 5.92 Å². The molecule has 2 amide bonds. The van der Waals surface area contributed by atoms with E-state index in [2.05, 4.69) is 5.32 Å². The number of carbonyl (C=O) groups is 4. The fourth-order valence-electron chi connectivity index (χ4n) is 4.94. The Morgan fingerprint density at radius 1 is 1.11 bits per heavy atom. The first kappa shape index (κ1) is 25.5. The van der Waals surface area contributed by atoms with E-state index in [0.29, 0.717) is 18.7 Å². The number of aliphatic carboxylic acids is 1. The van der Waals surface area contributed by atoms with Gasteiger partial charge < -0.3 is 29.4 Å². The summed E-state index contributed by atoms with van der Waals surface area (Å²) in [6.45, 7) is 4.29. The summed E-state index contributed by atoms with van der Waals surface area (Å²) < 4.78 is 13.0. The first-order chi connectivity index (χ1) is 17.3. The number of nitrogens with one attached hydrogen (secondary N) is 1. The van der Waals surface area contributed by atoms with Crippen LogP contribution in [0.25, 0.3) is 10.9 Å². The van der Waals surface area contributed by atoms with Gasteiger partial charge in [0.25, 0.3) is 0 Å². The van der Waals surface area contributed by atoms with Crippen LogP contribution in [-0.2, 0) is 25.6 Å². The fourth-order valence-corrected chi connectivity index (χ4v) is 4.94. The summed E-state index contributed by atoms with van der Waals surface area (Å²) in [6.07, 6.45) is 1.71. The number of rotatable bonds is 2. The van der Waals surface area contributed by atoms with Crippen LogP contribution in [0.15, 0.2) is 30.3 Å². The molecule has 3 heterocycles. The molecular formula is C26H33N3O7. The van der Waals surface area contributed by atoms with Crippen molar-refractivity contribution < 1.29 is 33.8 Å². The predicted molar refractivity (Wildman–Crippen MR) is 130 cm³/mol. The van der Waals surface area contributed by atoms with Gasteiger partial charge in [0, 0.05) is 23.9 Å². The number of nitrogens with zero attached hydrogens (tertiary/aromatic N) is 2. The number of para-hydroxylation sites is 1. The molecule has 0 aliphatic carbocycles.